The molecular formula is C14H20O3. The van der Waals surface area contributed by atoms with E-state index in [-0.39, 0.29) is 12.7 Å². The first-order chi connectivity index (χ1) is 8.02. The molecule has 2 atom stereocenters. The van der Waals surface area contributed by atoms with Crippen LogP contribution in [0.4, 0.5) is 0 Å². The van der Waals surface area contributed by atoms with Crippen LogP contribution in [0.3, 0.4) is 0 Å². The molecule has 0 aromatic heterocycles. The summed E-state index contributed by atoms with van der Waals surface area (Å²) < 4.78 is 5.60. The van der Waals surface area contributed by atoms with E-state index in [2.05, 4.69) is 13.8 Å². The maximum absolute atomic E-state index is 11.2. The van der Waals surface area contributed by atoms with Gasteiger partial charge in [0.25, 0.3) is 0 Å². The maximum atomic E-state index is 11.2. The molecule has 0 radical (unpaired) electrons. The number of carbonyl (C=O) groups is 1. The van der Waals surface area contributed by atoms with E-state index in [9.17, 15) is 9.90 Å². The molecule has 0 aliphatic rings. The summed E-state index contributed by atoms with van der Waals surface area (Å²) in [6, 6.07) is 9.21. The first kappa shape index (κ1) is 13.7. The average molecular weight is 236 g/mol. The average Bonchev–Trinajstić information content (AvgIpc) is 2.29. The van der Waals surface area contributed by atoms with Crippen molar-refractivity contribution in [3.63, 3.8) is 0 Å². The van der Waals surface area contributed by atoms with Crippen LogP contribution in [0.2, 0.25) is 0 Å². The second kappa shape index (κ2) is 6.40. The van der Waals surface area contributed by atoms with Crippen LogP contribution < -0.4 is 0 Å². The van der Waals surface area contributed by atoms with Crippen LogP contribution in [-0.4, -0.2) is 23.8 Å². The molecule has 0 amide bonds. The molecule has 0 bridgehead atoms. The number of aliphatic carboxylic acids is 1. The van der Waals surface area contributed by atoms with Gasteiger partial charge in [-0.15, -0.1) is 0 Å². The summed E-state index contributed by atoms with van der Waals surface area (Å²) in [6.07, 6.45) is 0.0700. The lowest BCUT2D eigenvalue weighted by atomic mass is 10.00. The zero-order valence-corrected chi connectivity index (χ0v) is 10.6. The predicted molar refractivity (Wildman–Crippen MR) is 67.1 cm³/mol. The smallest absolute Gasteiger partial charge is 0.313 e. The standard InChI is InChI=1S/C14H20O3/c1-10(2)11(3)17-9-13(14(15)16)12-7-5-4-6-8-12/h4-8,10-11,13H,9H2,1-3H3,(H,15,16). The Bertz CT molecular complexity index is 346. The van der Waals surface area contributed by atoms with Gasteiger partial charge in [-0.1, -0.05) is 44.2 Å². The Morgan fingerprint density at radius 3 is 2.29 bits per heavy atom. The van der Waals surface area contributed by atoms with Gasteiger partial charge in [-0.05, 0) is 18.4 Å². The number of rotatable bonds is 6. The number of carboxylic acid groups (broad SMARTS) is 1. The number of hydrogen-bond acceptors (Lipinski definition) is 2. The van der Waals surface area contributed by atoms with Crippen molar-refractivity contribution in [1.82, 2.24) is 0 Å². The Hall–Kier alpha value is -1.35. The summed E-state index contributed by atoms with van der Waals surface area (Å²) in [5.74, 6) is -1.04. The molecule has 3 nitrogen and oxygen atoms in total. The van der Waals surface area contributed by atoms with E-state index in [4.69, 9.17) is 4.74 Å². The van der Waals surface area contributed by atoms with Gasteiger partial charge in [0, 0.05) is 0 Å². The summed E-state index contributed by atoms with van der Waals surface area (Å²) in [4.78, 5) is 11.2. The second-order valence-corrected chi connectivity index (χ2v) is 4.58. The molecule has 0 saturated carbocycles. The number of benzene rings is 1. The Labute approximate surface area is 102 Å². The molecule has 94 valence electrons. The number of hydrogen-bond donors (Lipinski definition) is 1. The molecule has 1 aromatic rings. The molecule has 0 fully saturated rings. The second-order valence-electron chi connectivity index (χ2n) is 4.58. The summed E-state index contributed by atoms with van der Waals surface area (Å²) in [5.41, 5.74) is 0.788. The Morgan fingerprint density at radius 1 is 1.24 bits per heavy atom. The van der Waals surface area contributed by atoms with Gasteiger partial charge in [-0.3, -0.25) is 4.79 Å². The topological polar surface area (TPSA) is 46.5 Å². The molecule has 17 heavy (non-hydrogen) atoms. The van der Waals surface area contributed by atoms with Gasteiger partial charge in [0.1, 0.15) is 5.92 Å². The molecule has 1 aromatic carbocycles. The fraction of sp³-hybridized carbons (Fsp3) is 0.500. The zero-order chi connectivity index (χ0) is 12.8. The molecule has 1 N–H and O–H groups in total. The van der Waals surface area contributed by atoms with E-state index in [0.717, 1.165) is 5.56 Å². The van der Waals surface area contributed by atoms with Crippen LogP contribution >= 0.6 is 0 Å². The van der Waals surface area contributed by atoms with E-state index in [1.54, 1.807) is 0 Å². The van der Waals surface area contributed by atoms with Crippen molar-refractivity contribution < 1.29 is 14.6 Å². The largest absolute Gasteiger partial charge is 0.481 e. The highest BCUT2D eigenvalue weighted by Crippen LogP contribution is 2.18. The van der Waals surface area contributed by atoms with E-state index in [1.807, 2.05) is 37.3 Å². The fourth-order valence-electron chi connectivity index (χ4n) is 1.44. The van der Waals surface area contributed by atoms with Gasteiger partial charge >= 0.3 is 5.97 Å². The highest BCUT2D eigenvalue weighted by atomic mass is 16.5. The Morgan fingerprint density at radius 2 is 1.82 bits per heavy atom. The highest BCUT2D eigenvalue weighted by Gasteiger charge is 2.21. The minimum atomic E-state index is -0.841. The molecular weight excluding hydrogens is 216 g/mol. The van der Waals surface area contributed by atoms with Crippen LogP contribution in [0, 0.1) is 5.92 Å². The van der Waals surface area contributed by atoms with Gasteiger partial charge in [0.15, 0.2) is 0 Å². The summed E-state index contributed by atoms with van der Waals surface area (Å²) in [5, 5.41) is 9.20. The van der Waals surface area contributed by atoms with Gasteiger partial charge in [0.2, 0.25) is 0 Å². The van der Waals surface area contributed by atoms with Gasteiger partial charge in [-0.25, -0.2) is 0 Å². The van der Waals surface area contributed by atoms with Crippen molar-refractivity contribution in [2.24, 2.45) is 5.92 Å². The first-order valence-corrected chi connectivity index (χ1v) is 5.91. The van der Waals surface area contributed by atoms with E-state index >= 15 is 0 Å². The van der Waals surface area contributed by atoms with Crippen molar-refractivity contribution in [3.8, 4) is 0 Å². The molecule has 0 spiro atoms. The zero-order valence-electron chi connectivity index (χ0n) is 10.6. The molecule has 0 aliphatic carbocycles. The summed E-state index contributed by atoms with van der Waals surface area (Å²) in [6.45, 7) is 6.30. The molecule has 0 aliphatic heterocycles. The predicted octanol–water partition coefficient (Wildman–Crippen LogP) is 2.92. The highest BCUT2D eigenvalue weighted by molar-refractivity contribution is 5.76. The van der Waals surface area contributed by atoms with Crippen molar-refractivity contribution in [2.75, 3.05) is 6.61 Å². The minimum absolute atomic E-state index is 0.0700. The lowest BCUT2D eigenvalue weighted by Gasteiger charge is -2.20. The van der Waals surface area contributed by atoms with Gasteiger partial charge in [0.05, 0.1) is 12.7 Å². The molecule has 0 saturated heterocycles. The first-order valence-electron chi connectivity index (χ1n) is 5.91. The third-order valence-electron chi connectivity index (χ3n) is 2.96. The van der Waals surface area contributed by atoms with Gasteiger partial charge in [-0.2, -0.15) is 0 Å². The van der Waals surface area contributed by atoms with E-state index < -0.39 is 11.9 Å². The lowest BCUT2D eigenvalue weighted by molar-refractivity contribution is -0.141. The Kier molecular flexibility index (Phi) is 5.16. The molecule has 0 heterocycles. The third kappa shape index (κ3) is 4.19. The maximum Gasteiger partial charge on any atom is 0.313 e. The van der Waals surface area contributed by atoms with Gasteiger partial charge < -0.3 is 9.84 Å². The number of carboxylic acids is 1. The minimum Gasteiger partial charge on any atom is -0.481 e. The van der Waals surface area contributed by atoms with Crippen LogP contribution in [0.5, 0.6) is 0 Å². The summed E-state index contributed by atoms with van der Waals surface area (Å²) >= 11 is 0. The molecule has 2 unspecified atom stereocenters. The Balaban J connectivity index is 2.66. The van der Waals surface area contributed by atoms with E-state index in [0.29, 0.717) is 5.92 Å². The molecule has 1 rings (SSSR count). The van der Waals surface area contributed by atoms with Crippen molar-refractivity contribution in [3.05, 3.63) is 35.9 Å². The van der Waals surface area contributed by atoms with Crippen molar-refractivity contribution in [2.45, 2.75) is 32.8 Å². The quantitative estimate of drug-likeness (QED) is 0.826. The molecule has 3 heteroatoms. The fourth-order valence-corrected chi connectivity index (χ4v) is 1.44. The lowest BCUT2D eigenvalue weighted by Crippen LogP contribution is -2.23. The van der Waals surface area contributed by atoms with Crippen LogP contribution in [0.1, 0.15) is 32.3 Å². The SMILES string of the molecule is CC(C)C(C)OCC(C(=O)O)c1ccccc1. The van der Waals surface area contributed by atoms with Crippen LogP contribution in [-0.2, 0) is 9.53 Å². The van der Waals surface area contributed by atoms with Crippen LogP contribution in [0.25, 0.3) is 0 Å². The van der Waals surface area contributed by atoms with Crippen LogP contribution in [0.15, 0.2) is 30.3 Å². The van der Waals surface area contributed by atoms with E-state index in [1.165, 1.54) is 0 Å². The number of ether oxygens (including phenoxy) is 1. The van der Waals surface area contributed by atoms with Crippen molar-refractivity contribution >= 4 is 5.97 Å². The normalized spacial score (nSPS) is 14.6. The van der Waals surface area contributed by atoms with Crippen molar-refractivity contribution in [1.29, 1.82) is 0 Å². The third-order valence-corrected chi connectivity index (χ3v) is 2.96. The monoisotopic (exact) mass is 236 g/mol. The summed E-state index contributed by atoms with van der Waals surface area (Å²) in [7, 11) is 0.